The third-order valence-corrected chi connectivity index (χ3v) is 3.28. The fourth-order valence-electron chi connectivity index (χ4n) is 1.91. The van der Waals surface area contributed by atoms with Gasteiger partial charge in [-0.25, -0.2) is 4.98 Å². The number of carboxylic acids is 1. The summed E-state index contributed by atoms with van der Waals surface area (Å²) in [6.45, 7) is 3.11. The molecule has 0 unspecified atom stereocenters. The van der Waals surface area contributed by atoms with Crippen molar-refractivity contribution in [1.29, 1.82) is 0 Å². The highest BCUT2D eigenvalue weighted by atomic mass is 19.4. The van der Waals surface area contributed by atoms with Crippen LogP contribution >= 0.6 is 0 Å². The van der Waals surface area contributed by atoms with Crippen LogP contribution in [0.4, 0.5) is 30.6 Å². The predicted octanol–water partition coefficient (Wildman–Crippen LogP) is 3.35. The first kappa shape index (κ1) is 17.5. The standard InChI is InChI=1S/C15H15F3N4O2/c1-8-4-3-5-10(9(8)2)20-12-6-11(15(16,17)18)21-14(22-12)19-7-13(23)24/h3-6H,7H2,1-2H3,(H,23,24)(H2,19,20,21,22). The van der Waals surface area contributed by atoms with Crippen LogP contribution in [0.2, 0.25) is 0 Å². The quantitative estimate of drug-likeness (QED) is 0.774. The summed E-state index contributed by atoms with van der Waals surface area (Å²) in [7, 11) is 0. The van der Waals surface area contributed by atoms with E-state index in [-0.39, 0.29) is 5.82 Å². The van der Waals surface area contributed by atoms with E-state index < -0.39 is 30.3 Å². The average molecular weight is 340 g/mol. The van der Waals surface area contributed by atoms with Crippen molar-refractivity contribution >= 4 is 23.4 Å². The highest BCUT2D eigenvalue weighted by molar-refractivity contribution is 5.72. The zero-order valence-electron chi connectivity index (χ0n) is 12.9. The minimum atomic E-state index is -4.68. The first-order valence-electron chi connectivity index (χ1n) is 6.92. The summed E-state index contributed by atoms with van der Waals surface area (Å²) in [5, 5.41) is 13.7. The van der Waals surface area contributed by atoms with E-state index in [1.165, 1.54) is 0 Å². The van der Waals surface area contributed by atoms with Gasteiger partial charge in [0.05, 0.1) is 0 Å². The summed E-state index contributed by atoms with van der Waals surface area (Å²) in [4.78, 5) is 17.8. The van der Waals surface area contributed by atoms with Gasteiger partial charge in [0.15, 0.2) is 5.69 Å². The Morgan fingerprint density at radius 3 is 2.58 bits per heavy atom. The second-order valence-electron chi connectivity index (χ2n) is 5.08. The van der Waals surface area contributed by atoms with Crippen LogP contribution in [0.1, 0.15) is 16.8 Å². The first-order chi connectivity index (χ1) is 11.2. The van der Waals surface area contributed by atoms with Crippen molar-refractivity contribution in [3.8, 4) is 0 Å². The highest BCUT2D eigenvalue weighted by Crippen LogP contribution is 2.31. The van der Waals surface area contributed by atoms with Crippen molar-refractivity contribution in [2.75, 3.05) is 17.2 Å². The van der Waals surface area contributed by atoms with E-state index in [0.717, 1.165) is 17.2 Å². The molecule has 0 atom stereocenters. The highest BCUT2D eigenvalue weighted by Gasteiger charge is 2.33. The van der Waals surface area contributed by atoms with Gasteiger partial charge in [-0.3, -0.25) is 4.79 Å². The fraction of sp³-hybridized carbons (Fsp3) is 0.267. The van der Waals surface area contributed by atoms with Gasteiger partial charge in [-0.05, 0) is 31.0 Å². The molecule has 2 aromatic rings. The summed E-state index contributed by atoms with van der Waals surface area (Å²) in [6.07, 6.45) is -4.68. The molecule has 6 nitrogen and oxygen atoms in total. The van der Waals surface area contributed by atoms with Crippen LogP contribution in [0.25, 0.3) is 0 Å². The largest absolute Gasteiger partial charge is 0.480 e. The number of hydrogen-bond donors (Lipinski definition) is 3. The van der Waals surface area contributed by atoms with Gasteiger partial charge < -0.3 is 15.7 Å². The molecule has 0 fully saturated rings. The molecule has 0 saturated heterocycles. The molecule has 2 rings (SSSR count). The lowest BCUT2D eigenvalue weighted by Gasteiger charge is -2.14. The second kappa shape index (κ2) is 6.73. The van der Waals surface area contributed by atoms with E-state index >= 15 is 0 Å². The second-order valence-corrected chi connectivity index (χ2v) is 5.08. The number of halogens is 3. The van der Waals surface area contributed by atoms with Crippen LogP contribution in [-0.2, 0) is 11.0 Å². The van der Waals surface area contributed by atoms with Crippen molar-refractivity contribution in [2.45, 2.75) is 20.0 Å². The predicted molar refractivity (Wildman–Crippen MR) is 82.4 cm³/mol. The summed E-state index contributed by atoms with van der Waals surface area (Å²) >= 11 is 0. The molecule has 0 saturated carbocycles. The van der Waals surface area contributed by atoms with E-state index in [0.29, 0.717) is 5.69 Å². The third-order valence-electron chi connectivity index (χ3n) is 3.28. The molecule has 0 aliphatic heterocycles. The first-order valence-corrected chi connectivity index (χ1v) is 6.92. The summed E-state index contributed by atoms with van der Waals surface area (Å²) in [5.74, 6) is -1.74. The monoisotopic (exact) mass is 340 g/mol. The lowest BCUT2D eigenvalue weighted by atomic mass is 10.1. The molecular formula is C15H15F3N4O2. The number of alkyl halides is 3. The molecule has 1 heterocycles. The molecule has 0 amide bonds. The van der Waals surface area contributed by atoms with Gasteiger partial charge in [0.25, 0.3) is 0 Å². The van der Waals surface area contributed by atoms with E-state index in [1.807, 2.05) is 19.9 Å². The Bertz CT molecular complexity index is 763. The maximum atomic E-state index is 13.0. The number of benzene rings is 1. The van der Waals surface area contributed by atoms with Gasteiger partial charge in [-0.2, -0.15) is 18.2 Å². The fourth-order valence-corrected chi connectivity index (χ4v) is 1.91. The molecule has 0 aliphatic rings. The number of nitrogens with one attached hydrogen (secondary N) is 2. The molecule has 24 heavy (non-hydrogen) atoms. The zero-order valence-corrected chi connectivity index (χ0v) is 12.9. The number of aryl methyl sites for hydroxylation is 1. The molecule has 0 bridgehead atoms. The van der Waals surface area contributed by atoms with E-state index in [4.69, 9.17) is 5.11 Å². The van der Waals surface area contributed by atoms with Gasteiger partial charge in [0.2, 0.25) is 5.95 Å². The number of nitrogens with zero attached hydrogens (tertiary/aromatic N) is 2. The Morgan fingerprint density at radius 1 is 1.25 bits per heavy atom. The average Bonchev–Trinajstić information content (AvgIpc) is 2.49. The third kappa shape index (κ3) is 4.34. The maximum absolute atomic E-state index is 13.0. The van der Waals surface area contributed by atoms with Crippen LogP contribution in [0.15, 0.2) is 24.3 Å². The Labute approximate surface area is 135 Å². The van der Waals surface area contributed by atoms with E-state index in [9.17, 15) is 18.0 Å². The molecule has 128 valence electrons. The molecule has 0 aliphatic carbocycles. The molecule has 3 N–H and O–H groups in total. The van der Waals surface area contributed by atoms with Crippen LogP contribution in [0.5, 0.6) is 0 Å². The number of aromatic nitrogens is 2. The van der Waals surface area contributed by atoms with Crippen LogP contribution in [0.3, 0.4) is 0 Å². The summed E-state index contributed by atoms with van der Waals surface area (Å²) < 4.78 is 38.9. The molecule has 0 spiro atoms. The van der Waals surface area contributed by atoms with Crippen LogP contribution in [0, 0.1) is 13.8 Å². The van der Waals surface area contributed by atoms with Gasteiger partial charge >= 0.3 is 12.1 Å². The summed E-state index contributed by atoms with van der Waals surface area (Å²) in [6, 6.07) is 6.12. The number of carboxylic acid groups (broad SMARTS) is 1. The van der Waals surface area contributed by atoms with Crippen molar-refractivity contribution in [3.63, 3.8) is 0 Å². The molecule has 0 radical (unpaired) electrons. The Balaban J connectivity index is 2.38. The van der Waals surface area contributed by atoms with Crippen molar-refractivity contribution < 1.29 is 23.1 Å². The number of hydrogen-bond acceptors (Lipinski definition) is 5. The number of carbonyl (C=O) groups is 1. The van der Waals surface area contributed by atoms with Gasteiger partial charge in [-0.1, -0.05) is 12.1 Å². The smallest absolute Gasteiger partial charge is 0.433 e. The number of rotatable bonds is 5. The van der Waals surface area contributed by atoms with Gasteiger partial charge in [0, 0.05) is 11.8 Å². The Morgan fingerprint density at radius 2 is 1.96 bits per heavy atom. The number of anilines is 3. The van der Waals surface area contributed by atoms with Crippen LogP contribution in [-0.4, -0.2) is 27.6 Å². The number of aliphatic carboxylic acids is 1. The molecule has 9 heteroatoms. The van der Waals surface area contributed by atoms with Crippen LogP contribution < -0.4 is 10.6 Å². The van der Waals surface area contributed by atoms with Gasteiger partial charge in [0.1, 0.15) is 12.4 Å². The lowest BCUT2D eigenvalue weighted by molar-refractivity contribution is -0.141. The SMILES string of the molecule is Cc1cccc(Nc2cc(C(F)(F)F)nc(NCC(=O)O)n2)c1C. The topological polar surface area (TPSA) is 87.1 Å². The molecule has 1 aromatic heterocycles. The zero-order chi connectivity index (χ0) is 17.9. The van der Waals surface area contributed by atoms with E-state index in [1.54, 1.807) is 12.1 Å². The van der Waals surface area contributed by atoms with Gasteiger partial charge in [-0.15, -0.1) is 0 Å². The minimum Gasteiger partial charge on any atom is -0.480 e. The Kier molecular flexibility index (Phi) is 4.91. The Hall–Kier alpha value is -2.84. The van der Waals surface area contributed by atoms with Crippen molar-refractivity contribution in [3.05, 3.63) is 41.1 Å². The normalized spacial score (nSPS) is 11.2. The van der Waals surface area contributed by atoms with Crippen molar-refractivity contribution in [1.82, 2.24) is 9.97 Å². The molecule has 1 aromatic carbocycles. The lowest BCUT2D eigenvalue weighted by Crippen LogP contribution is -2.17. The molecular weight excluding hydrogens is 325 g/mol. The maximum Gasteiger partial charge on any atom is 0.433 e. The minimum absolute atomic E-state index is 0.0843. The summed E-state index contributed by atoms with van der Waals surface area (Å²) in [5.41, 5.74) is 1.27. The van der Waals surface area contributed by atoms with E-state index in [2.05, 4.69) is 20.6 Å². The van der Waals surface area contributed by atoms with Crippen molar-refractivity contribution in [2.24, 2.45) is 0 Å².